The standard InChI is InChI=1S/C39H65N5O7S/c1-10-25-22-39(25,30(45)32(47)40-11-2)42-31(46)28-27-26(36(27,7)8)23-44(28)33(48)29(37(9)18-14-12-15-19-37)41-34(49)43-38(20-16-13-17-21-38)24(3)52(50,51)35(4,5)6/h24-29H,10-23H2,1-9H3,(H,40,47)(H,42,46)(H2,41,43,49)/t24-,25+,26+,27+,28+,29-,39-/m1/s1. The summed E-state index contributed by atoms with van der Waals surface area (Å²) in [6.07, 6.45) is 8.84. The Bertz CT molecular complexity index is 1540. The van der Waals surface area contributed by atoms with E-state index in [4.69, 9.17) is 0 Å². The van der Waals surface area contributed by atoms with Crippen LogP contribution in [0.15, 0.2) is 0 Å². The fourth-order valence-corrected chi connectivity index (χ4v) is 12.2. The van der Waals surface area contributed by atoms with Crippen molar-refractivity contribution in [1.29, 1.82) is 0 Å². The molecule has 5 rings (SSSR count). The van der Waals surface area contributed by atoms with Crippen LogP contribution < -0.4 is 21.3 Å². The highest BCUT2D eigenvalue weighted by Crippen LogP contribution is 2.65. The number of piperidine rings is 1. The van der Waals surface area contributed by atoms with Gasteiger partial charge in [0.2, 0.25) is 17.6 Å². The number of Topliss-reactive ketones (excluding diaryl/α,β-unsaturated/α-hetero) is 1. The van der Waals surface area contributed by atoms with Gasteiger partial charge in [-0.15, -0.1) is 0 Å². The van der Waals surface area contributed by atoms with Gasteiger partial charge >= 0.3 is 6.03 Å². The van der Waals surface area contributed by atoms with Crippen LogP contribution in [0, 0.1) is 28.6 Å². The van der Waals surface area contributed by atoms with Crippen LogP contribution in [0.1, 0.15) is 139 Å². The largest absolute Gasteiger partial charge is 0.350 e. The van der Waals surface area contributed by atoms with Gasteiger partial charge in [-0.1, -0.05) is 72.6 Å². The molecule has 5 fully saturated rings. The molecule has 12 nitrogen and oxygen atoms in total. The molecule has 0 spiro atoms. The average molecular weight is 748 g/mol. The summed E-state index contributed by atoms with van der Waals surface area (Å²) >= 11 is 0. The number of fused-ring (bicyclic) bond motifs is 1. The smallest absolute Gasteiger partial charge is 0.315 e. The van der Waals surface area contributed by atoms with Crippen molar-refractivity contribution in [2.75, 3.05) is 13.1 Å². The first kappa shape index (κ1) is 40.5. The molecule has 1 heterocycles. The Labute approximate surface area is 311 Å². The summed E-state index contributed by atoms with van der Waals surface area (Å²) in [6, 6.07) is -2.37. The Morgan fingerprint density at radius 3 is 1.96 bits per heavy atom. The third kappa shape index (κ3) is 7.01. The quantitative estimate of drug-likeness (QED) is 0.215. The van der Waals surface area contributed by atoms with Gasteiger partial charge in [-0.3, -0.25) is 19.2 Å². The SMILES string of the molecule is CCNC(=O)C(=O)[C@@]1(NC(=O)[C@@H]2[C@@H]3[C@H](CN2C(=O)[C@@H](NC(=O)NC2([C@@H](C)S(=O)(=O)C(C)(C)C)CCCCC2)C2(C)CCCCC2)C3(C)C)C[C@@H]1CC. The molecule has 0 bridgehead atoms. The highest BCUT2D eigenvalue weighted by atomic mass is 32.2. The molecule has 7 atom stereocenters. The molecule has 1 aliphatic heterocycles. The van der Waals surface area contributed by atoms with Gasteiger partial charge in [0.25, 0.3) is 5.91 Å². The number of amides is 5. The van der Waals surface area contributed by atoms with Crippen molar-refractivity contribution in [3.63, 3.8) is 0 Å². The van der Waals surface area contributed by atoms with Crippen molar-refractivity contribution in [3.05, 3.63) is 0 Å². The van der Waals surface area contributed by atoms with E-state index in [-0.39, 0.29) is 29.1 Å². The number of ketones is 1. The lowest BCUT2D eigenvalue weighted by molar-refractivity contribution is -0.146. The van der Waals surface area contributed by atoms with Gasteiger partial charge < -0.3 is 26.2 Å². The number of likely N-dealkylation sites (tertiary alicyclic amines) is 1. The zero-order valence-corrected chi connectivity index (χ0v) is 33.9. The van der Waals surface area contributed by atoms with Gasteiger partial charge in [-0.05, 0) is 95.3 Å². The van der Waals surface area contributed by atoms with Crippen LogP contribution in [-0.4, -0.2) is 89.1 Å². The summed E-state index contributed by atoms with van der Waals surface area (Å²) in [5.41, 5.74) is -3.05. The second kappa shape index (κ2) is 14.2. The van der Waals surface area contributed by atoms with Crippen LogP contribution in [0.4, 0.5) is 4.79 Å². The predicted octanol–water partition coefficient (Wildman–Crippen LogP) is 4.40. The predicted molar refractivity (Wildman–Crippen MR) is 200 cm³/mol. The maximum Gasteiger partial charge on any atom is 0.315 e. The number of likely N-dealkylation sites (N-methyl/N-ethyl adjacent to an activating group) is 1. The van der Waals surface area contributed by atoms with Crippen LogP contribution in [0.2, 0.25) is 0 Å². The van der Waals surface area contributed by atoms with Gasteiger partial charge in [0.15, 0.2) is 9.84 Å². The van der Waals surface area contributed by atoms with Gasteiger partial charge in [0, 0.05) is 13.1 Å². The first-order chi connectivity index (χ1) is 24.1. The molecule has 0 unspecified atom stereocenters. The van der Waals surface area contributed by atoms with E-state index in [1.807, 2.05) is 13.8 Å². The highest BCUT2D eigenvalue weighted by Gasteiger charge is 2.71. The van der Waals surface area contributed by atoms with Crippen LogP contribution in [0.5, 0.6) is 0 Å². The number of carbonyl (C=O) groups excluding carboxylic acids is 5. The molecule has 294 valence electrons. The number of sulfone groups is 1. The molecule has 4 saturated carbocycles. The Balaban J connectivity index is 1.43. The fraction of sp³-hybridized carbons (Fsp3) is 0.872. The summed E-state index contributed by atoms with van der Waals surface area (Å²) in [5, 5.41) is 11.0. The molecule has 52 heavy (non-hydrogen) atoms. The third-order valence-electron chi connectivity index (χ3n) is 14.1. The van der Waals surface area contributed by atoms with Crippen molar-refractivity contribution in [2.45, 2.75) is 173 Å². The molecule has 4 aliphatic carbocycles. The van der Waals surface area contributed by atoms with Crippen molar-refractivity contribution in [2.24, 2.45) is 28.6 Å². The highest BCUT2D eigenvalue weighted by molar-refractivity contribution is 7.93. The first-order valence-corrected chi connectivity index (χ1v) is 21.5. The zero-order valence-electron chi connectivity index (χ0n) is 33.1. The molecule has 0 aromatic rings. The summed E-state index contributed by atoms with van der Waals surface area (Å²) in [4.78, 5) is 71.3. The Morgan fingerprint density at radius 2 is 1.44 bits per heavy atom. The molecule has 5 aliphatic rings. The molecular formula is C39H65N5O7S. The Kier molecular flexibility index (Phi) is 11.0. The number of rotatable bonds is 12. The number of nitrogens with one attached hydrogen (secondary N) is 4. The second-order valence-electron chi connectivity index (χ2n) is 18.6. The fourth-order valence-electron chi connectivity index (χ4n) is 10.2. The minimum absolute atomic E-state index is 0.0750. The molecule has 0 aromatic heterocycles. The maximum atomic E-state index is 15.0. The number of carbonyl (C=O) groups is 5. The van der Waals surface area contributed by atoms with E-state index in [0.29, 0.717) is 38.8 Å². The van der Waals surface area contributed by atoms with Crippen molar-refractivity contribution >= 4 is 39.4 Å². The Morgan fingerprint density at radius 1 is 0.865 bits per heavy atom. The molecule has 13 heteroatoms. The zero-order chi connectivity index (χ0) is 38.7. The molecular weight excluding hydrogens is 683 g/mol. The lowest BCUT2D eigenvalue weighted by Gasteiger charge is -2.46. The monoisotopic (exact) mass is 747 g/mol. The van der Waals surface area contributed by atoms with E-state index < -0.39 is 72.0 Å². The van der Waals surface area contributed by atoms with E-state index in [1.165, 1.54) is 0 Å². The maximum absolute atomic E-state index is 15.0. The topological polar surface area (TPSA) is 171 Å². The van der Waals surface area contributed by atoms with Gasteiger partial charge in [0.1, 0.15) is 17.6 Å². The van der Waals surface area contributed by atoms with Crippen molar-refractivity contribution in [3.8, 4) is 0 Å². The van der Waals surface area contributed by atoms with Crippen LogP contribution in [-0.2, 0) is 29.0 Å². The van der Waals surface area contributed by atoms with E-state index in [2.05, 4.69) is 35.1 Å². The number of nitrogens with zero attached hydrogens (tertiary/aromatic N) is 1. The van der Waals surface area contributed by atoms with Crippen molar-refractivity contribution < 1.29 is 32.4 Å². The number of hydrogen-bond donors (Lipinski definition) is 4. The van der Waals surface area contributed by atoms with Gasteiger partial charge in [-0.2, -0.15) is 0 Å². The van der Waals surface area contributed by atoms with Crippen LogP contribution >= 0.6 is 0 Å². The number of urea groups is 1. The normalized spacial score (nSPS) is 31.3. The van der Waals surface area contributed by atoms with E-state index in [0.717, 1.165) is 51.4 Å². The second-order valence-corrected chi connectivity index (χ2v) is 21.6. The van der Waals surface area contributed by atoms with Crippen LogP contribution in [0.3, 0.4) is 0 Å². The van der Waals surface area contributed by atoms with Crippen LogP contribution in [0.25, 0.3) is 0 Å². The van der Waals surface area contributed by atoms with E-state index in [9.17, 15) is 32.4 Å². The summed E-state index contributed by atoms with van der Waals surface area (Å²) < 4.78 is 26.5. The number of hydrogen-bond acceptors (Lipinski definition) is 7. The van der Waals surface area contributed by atoms with Gasteiger partial charge in [0.05, 0.1) is 15.5 Å². The summed E-state index contributed by atoms with van der Waals surface area (Å²) in [6.45, 7) is 17.3. The minimum Gasteiger partial charge on any atom is -0.350 e. The molecule has 5 amide bonds. The lowest BCUT2D eigenvalue weighted by Crippen LogP contribution is -2.66. The van der Waals surface area contributed by atoms with Gasteiger partial charge in [-0.25, -0.2) is 13.2 Å². The van der Waals surface area contributed by atoms with E-state index >= 15 is 0 Å². The summed E-state index contributed by atoms with van der Waals surface area (Å²) in [7, 11) is -3.64. The summed E-state index contributed by atoms with van der Waals surface area (Å²) in [5.74, 6) is -2.36. The average Bonchev–Trinajstić information content (AvgIpc) is 3.84. The Hall–Kier alpha value is -2.70. The molecule has 4 N–H and O–H groups in total. The first-order valence-electron chi connectivity index (χ1n) is 19.9. The lowest BCUT2D eigenvalue weighted by atomic mass is 9.70. The molecule has 0 radical (unpaired) electrons. The third-order valence-corrected chi connectivity index (χ3v) is 17.2. The van der Waals surface area contributed by atoms with Crippen molar-refractivity contribution in [1.82, 2.24) is 26.2 Å². The minimum atomic E-state index is -3.64. The van der Waals surface area contributed by atoms with E-state index in [1.54, 1.807) is 39.5 Å². The molecule has 1 saturated heterocycles. The molecule has 0 aromatic carbocycles.